The van der Waals surface area contributed by atoms with Crippen LogP contribution in [0.1, 0.15) is 40.5 Å². The van der Waals surface area contributed by atoms with Crippen molar-refractivity contribution in [1.29, 1.82) is 0 Å². The highest BCUT2D eigenvalue weighted by atomic mass is 16.7. The van der Waals surface area contributed by atoms with E-state index in [9.17, 15) is 4.79 Å². The molecule has 0 amide bonds. The fraction of sp³-hybridized carbons (Fsp3) is 0.900. The normalized spacial score (nSPS) is 25.7. The van der Waals surface area contributed by atoms with Crippen molar-refractivity contribution in [3.05, 3.63) is 0 Å². The van der Waals surface area contributed by atoms with E-state index in [1.165, 1.54) is 0 Å². The number of piperidine rings is 1. The van der Waals surface area contributed by atoms with Crippen LogP contribution in [0.15, 0.2) is 0 Å². The number of rotatable bonds is 1. The van der Waals surface area contributed by atoms with Crippen molar-refractivity contribution in [3.63, 3.8) is 0 Å². The van der Waals surface area contributed by atoms with Crippen LogP contribution in [0.25, 0.3) is 0 Å². The van der Waals surface area contributed by atoms with E-state index in [0.717, 1.165) is 12.8 Å². The van der Waals surface area contributed by atoms with Crippen LogP contribution in [0.3, 0.4) is 0 Å². The molecule has 0 radical (unpaired) electrons. The summed E-state index contributed by atoms with van der Waals surface area (Å²) >= 11 is 0. The van der Waals surface area contributed by atoms with E-state index in [4.69, 9.17) is 9.84 Å². The molecule has 0 saturated carbocycles. The van der Waals surface area contributed by atoms with E-state index in [0.29, 0.717) is 0 Å². The molecule has 1 aliphatic rings. The number of nitrogens with one attached hydrogen (secondary N) is 1. The third kappa shape index (κ3) is 3.18. The van der Waals surface area contributed by atoms with E-state index in [1.807, 2.05) is 0 Å². The zero-order chi connectivity index (χ0) is 11.0. The summed E-state index contributed by atoms with van der Waals surface area (Å²) in [6.07, 6.45) is 0.0769. The molecule has 82 valence electrons. The summed E-state index contributed by atoms with van der Waals surface area (Å²) in [6.45, 7) is 8.25. The van der Waals surface area contributed by atoms with E-state index in [1.54, 1.807) is 0 Å². The summed E-state index contributed by atoms with van der Waals surface area (Å²) in [5.74, 6) is 0. The first-order valence-corrected chi connectivity index (χ1v) is 4.89. The zero-order valence-electron chi connectivity index (χ0n) is 9.26. The maximum Gasteiger partial charge on any atom is 0.506 e. The number of hydrogen-bond donors (Lipinski definition) is 2. The second kappa shape index (κ2) is 3.42. The van der Waals surface area contributed by atoms with Gasteiger partial charge in [0, 0.05) is 23.9 Å². The standard InChI is InChI=1S/C10H19NO3/c1-9(2)5-7(14-8(12)13)6-10(3,4)11-9/h7,11H,5-6H2,1-4H3,(H,12,13). The summed E-state index contributed by atoms with van der Waals surface area (Å²) in [7, 11) is 0. The molecule has 14 heavy (non-hydrogen) atoms. The van der Waals surface area contributed by atoms with Crippen LogP contribution in [0.5, 0.6) is 0 Å². The van der Waals surface area contributed by atoms with Crippen molar-refractivity contribution in [1.82, 2.24) is 5.32 Å². The second-order valence-electron chi connectivity index (χ2n) is 5.31. The van der Waals surface area contributed by atoms with Gasteiger partial charge in [-0.3, -0.25) is 0 Å². The van der Waals surface area contributed by atoms with Crippen LogP contribution in [0, 0.1) is 0 Å². The van der Waals surface area contributed by atoms with Gasteiger partial charge in [-0.2, -0.15) is 0 Å². The van der Waals surface area contributed by atoms with Gasteiger partial charge in [-0.15, -0.1) is 0 Å². The fourth-order valence-corrected chi connectivity index (χ4v) is 2.45. The Labute approximate surface area is 84.6 Å². The summed E-state index contributed by atoms with van der Waals surface area (Å²) in [4.78, 5) is 10.4. The van der Waals surface area contributed by atoms with Crippen LogP contribution in [-0.4, -0.2) is 28.4 Å². The molecule has 0 aromatic rings. The second-order valence-corrected chi connectivity index (χ2v) is 5.31. The molecule has 0 aromatic heterocycles. The summed E-state index contributed by atoms with van der Waals surface area (Å²) in [6, 6.07) is 0. The largest absolute Gasteiger partial charge is 0.506 e. The lowest BCUT2D eigenvalue weighted by Gasteiger charge is -2.45. The predicted octanol–water partition coefficient (Wildman–Crippen LogP) is 1.99. The highest BCUT2D eigenvalue weighted by Crippen LogP contribution is 2.30. The number of carboxylic acid groups (broad SMARTS) is 1. The highest BCUT2D eigenvalue weighted by Gasteiger charge is 2.39. The SMILES string of the molecule is CC1(C)CC(OC(=O)O)CC(C)(C)N1. The van der Waals surface area contributed by atoms with Gasteiger partial charge in [0.15, 0.2) is 0 Å². The Balaban J connectivity index is 2.66. The van der Waals surface area contributed by atoms with E-state index in [-0.39, 0.29) is 17.2 Å². The Hall–Kier alpha value is -0.770. The summed E-state index contributed by atoms with van der Waals surface area (Å²) in [5.41, 5.74) is -0.135. The first-order chi connectivity index (χ1) is 6.20. The van der Waals surface area contributed by atoms with Crippen LogP contribution in [0.4, 0.5) is 4.79 Å². The van der Waals surface area contributed by atoms with E-state index < -0.39 is 6.16 Å². The van der Waals surface area contributed by atoms with Crippen LogP contribution in [-0.2, 0) is 4.74 Å². The molecule has 0 aliphatic carbocycles. The lowest BCUT2D eigenvalue weighted by atomic mass is 9.81. The smallest absolute Gasteiger partial charge is 0.450 e. The number of ether oxygens (including phenoxy) is 1. The molecule has 1 fully saturated rings. The van der Waals surface area contributed by atoms with Gasteiger partial charge >= 0.3 is 6.16 Å². The molecule has 0 aromatic carbocycles. The maximum absolute atomic E-state index is 10.4. The van der Waals surface area contributed by atoms with Gasteiger partial charge in [-0.05, 0) is 27.7 Å². The van der Waals surface area contributed by atoms with Gasteiger partial charge < -0.3 is 15.2 Å². The Morgan fingerprint density at radius 2 is 1.71 bits per heavy atom. The molecule has 0 unspecified atom stereocenters. The molecule has 4 nitrogen and oxygen atoms in total. The molecule has 2 N–H and O–H groups in total. The van der Waals surface area contributed by atoms with Crippen molar-refractivity contribution in [2.75, 3.05) is 0 Å². The van der Waals surface area contributed by atoms with Crippen molar-refractivity contribution in [3.8, 4) is 0 Å². The molecule has 0 bridgehead atoms. The third-order valence-corrected chi connectivity index (χ3v) is 2.42. The highest BCUT2D eigenvalue weighted by molar-refractivity contribution is 5.57. The van der Waals surface area contributed by atoms with Gasteiger partial charge in [-0.25, -0.2) is 4.79 Å². The third-order valence-electron chi connectivity index (χ3n) is 2.42. The predicted molar refractivity (Wildman–Crippen MR) is 53.4 cm³/mol. The molecular weight excluding hydrogens is 182 g/mol. The molecule has 1 saturated heterocycles. The van der Waals surface area contributed by atoms with Crippen LogP contribution in [0.2, 0.25) is 0 Å². The summed E-state index contributed by atoms with van der Waals surface area (Å²) < 4.78 is 4.84. The first-order valence-electron chi connectivity index (χ1n) is 4.89. The van der Waals surface area contributed by atoms with Crippen LogP contribution >= 0.6 is 0 Å². The minimum atomic E-state index is -1.18. The Morgan fingerprint density at radius 3 is 2.07 bits per heavy atom. The Morgan fingerprint density at radius 1 is 1.29 bits per heavy atom. The molecule has 1 aliphatic heterocycles. The van der Waals surface area contributed by atoms with Gasteiger partial charge in [0.1, 0.15) is 6.10 Å². The molecule has 0 atom stereocenters. The Bertz CT molecular complexity index is 220. The van der Waals surface area contributed by atoms with Crippen molar-refractivity contribution in [2.24, 2.45) is 0 Å². The minimum Gasteiger partial charge on any atom is -0.450 e. The van der Waals surface area contributed by atoms with E-state index in [2.05, 4.69) is 33.0 Å². The lowest BCUT2D eigenvalue weighted by Crippen LogP contribution is -2.59. The van der Waals surface area contributed by atoms with Gasteiger partial charge in [0.2, 0.25) is 0 Å². The van der Waals surface area contributed by atoms with Crippen molar-refractivity contribution >= 4 is 6.16 Å². The number of hydrogen-bond acceptors (Lipinski definition) is 3. The van der Waals surface area contributed by atoms with Crippen molar-refractivity contribution < 1.29 is 14.6 Å². The lowest BCUT2D eigenvalue weighted by molar-refractivity contribution is -0.00413. The monoisotopic (exact) mass is 201 g/mol. The van der Waals surface area contributed by atoms with Gasteiger partial charge in [-0.1, -0.05) is 0 Å². The van der Waals surface area contributed by atoms with Crippen molar-refractivity contribution in [2.45, 2.75) is 57.7 Å². The quantitative estimate of drug-likeness (QED) is 0.637. The maximum atomic E-state index is 10.4. The summed E-state index contributed by atoms with van der Waals surface area (Å²) in [5, 5.41) is 12.0. The topological polar surface area (TPSA) is 58.6 Å². The van der Waals surface area contributed by atoms with Crippen LogP contribution < -0.4 is 5.32 Å². The molecule has 1 heterocycles. The van der Waals surface area contributed by atoms with Gasteiger partial charge in [0.05, 0.1) is 0 Å². The Kier molecular flexibility index (Phi) is 2.76. The van der Waals surface area contributed by atoms with Gasteiger partial charge in [0.25, 0.3) is 0 Å². The fourth-order valence-electron chi connectivity index (χ4n) is 2.45. The number of carbonyl (C=O) groups is 1. The molecular formula is C10H19NO3. The van der Waals surface area contributed by atoms with E-state index >= 15 is 0 Å². The molecule has 1 rings (SSSR count). The minimum absolute atomic E-state index is 0.0676. The molecule has 0 spiro atoms. The zero-order valence-corrected chi connectivity index (χ0v) is 9.26. The average molecular weight is 201 g/mol. The average Bonchev–Trinajstić information content (AvgIpc) is 1.74. The molecule has 4 heteroatoms. The first kappa shape index (κ1) is 11.3.